The normalized spacial score (nSPS) is 13.1. The zero-order valence-corrected chi connectivity index (χ0v) is 24.4. The molecule has 5 aromatic carbocycles. The third-order valence-electron chi connectivity index (χ3n) is 8.21. The Bertz CT molecular complexity index is 1600. The lowest BCUT2D eigenvalue weighted by Crippen LogP contribution is -2.36. The van der Waals surface area contributed by atoms with Gasteiger partial charge < -0.3 is 10.2 Å². The molecule has 0 saturated carbocycles. The summed E-state index contributed by atoms with van der Waals surface area (Å²) in [6.07, 6.45) is 4.55. The second-order valence-corrected chi connectivity index (χ2v) is 11.3. The molecule has 0 aliphatic heterocycles. The minimum Gasteiger partial charge on any atom is -0.372 e. The van der Waals surface area contributed by atoms with Gasteiger partial charge in [-0.3, -0.25) is 0 Å². The van der Waals surface area contributed by atoms with Gasteiger partial charge in [0.1, 0.15) is 0 Å². The summed E-state index contributed by atoms with van der Waals surface area (Å²) in [4.78, 5) is 2.44. The van der Waals surface area contributed by atoms with Crippen LogP contribution in [0.15, 0.2) is 127 Å². The van der Waals surface area contributed by atoms with Crippen LogP contribution in [0.5, 0.6) is 0 Å². The fraction of sp³-hybridized carbons (Fsp3) is 0.211. The fourth-order valence-corrected chi connectivity index (χ4v) is 5.63. The van der Waals surface area contributed by atoms with Crippen molar-refractivity contribution in [2.75, 3.05) is 23.8 Å². The lowest BCUT2D eigenvalue weighted by atomic mass is 9.78. The summed E-state index contributed by atoms with van der Waals surface area (Å²) in [6.45, 7) is 10.0. The second kappa shape index (κ2) is 11.8. The summed E-state index contributed by atoms with van der Waals surface area (Å²) in [5, 5.41) is 6.38. The highest BCUT2D eigenvalue weighted by Gasteiger charge is 2.28. The summed E-state index contributed by atoms with van der Waals surface area (Å²) in [5.41, 5.74) is 8.27. The first kappa shape index (κ1) is 27.3. The molecular weight excluding hydrogens is 484 g/mol. The summed E-state index contributed by atoms with van der Waals surface area (Å²) in [5.74, 6) is 0.507. The summed E-state index contributed by atoms with van der Waals surface area (Å²) >= 11 is 0. The maximum Gasteiger partial charge on any atom is 0.0682 e. The number of nitrogens with zero attached hydrogens (tertiary/aromatic N) is 1. The number of nitrogens with one attached hydrogen (secondary N) is 1. The van der Waals surface area contributed by atoms with Crippen LogP contribution in [0.4, 0.5) is 17.1 Å². The first-order chi connectivity index (χ1) is 19.4. The Labute approximate surface area is 240 Å². The fourth-order valence-electron chi connectivity index (χ4n) is 5.63. The predicted molar refractivity (Wildman–Crippen MR) is 176 cm³/mol. The van der Waals surface area contributed by atoms with Gasteiger partial charge in [-0.25, -0.2) is 0 Å². The van der Waals surface area contributed by atoms with Crippen molar-refractivity contribution in [3.63, 3.8) is 0 Å². The molecule has 1 atom stereocenters. The van der Waals surface area contributed by atoms with Gasteiger partial charge in [-0.05, 0) is 53.1 Å². The molecule has 5 aromatic rings. The van der Waals surface area contributed by atoms with Crippen molar-refractivity contribution in [1.82, 2.24) is 0 Å². The van der Waals surface area contributed by atoms with Crippen LogP contribution in [0.2, 0.25) is 0 Å². The zero-order chi connectivity index (χ0) is 28.1. The molecule has 0 aliphatic carbocycles. The molecule has 1 N–H and O–H groups in total. The number of hydrogen-bond acceptors (Lipinski definition) is 2. The number of anilines is 3. The molecule has 40 heavy (non-hydrogen) atoms. The Morgan fingerprint density at radius 1 is 0.725 bits per heavy atom. The van der Waals surface area contributed by atoms with E-state index in [0.29, 0.717) is 5.92 Å². The highest BCUT2D eigenvalue weighted by molar-refractivity contribution is 6.02. The molecule has 2 nitrogen and oxygen atoms in total. The van der Waals surface area contributed by atoms with E-state index in [1.54, 1.807) is 0 Å². The highest BCUT2D eigenvalue weighted by atomic mass is 15.1. The lowest BCUT2D eigenvalue weighted by molar-refractivity contribution is 0.304. The van der Waals surface area contributed by atoms with Crippen LogP contribution < -0.4 is 10.2 Å². The molecule has 0 radical (unpaired) electrons. The number of fused-ring (bicyclic) bond motifs is 1. The van der Waals surface area contributed by atoms with E-state index in [9.17, 15) is 0 Å². The van der Waals surface area contributed by atoms with Crippen LogP contribution in [-0.2, 0) is 0 Å². The van der Waals surface area contributed by atoms with Gasteiger partial charge in [0.2, 0.25) is 0 Å². The predicted octanol–water partition coefficient (Wildman–Crippen LogP) is 10.6. The number of hydrogen-bond donors (Lipinski definition) is 1. The van der Waals surface area contributed by atoms with Gasteiger partial charge >= 0.3 is 0 Å². The molecule has 0 heterocycles. The molecule has 0 amide bonds. The molecule has 5 rings (SSSR count). The van der Waals surface area contributed by atoms with Gasteiger partial charge in [0.25, 0.3) is 0 Å². The molecule has 1 unspecified atom stereocenters. The van der Waals surface area contributed by atoms with E-state index >= 15 is 0 Å². The first-order valence-corrected chi connectivity index (χ1v) is 14.3. The van der Waals surface area contributed by atoms with Gasteiger partial charge in [-0.1, -0.05) is 130 Å². The molecule has 0 aromatic heterocycles. The Kier molecular flexibility index (Phi) is 8.07. The van der Waals surface area contributed by atoms with Gasteiger partial charge in [-0.15, -0.1) is 0 Å². The zero-order valence-electron chi connectivity index (χ0n) is 24.4. The van der Waals surface area contributed by atoms with Crippen LogP contribution in [0.25, 0.3) is 33.0 Å². The van der Waals surface area contributed by atoms with Gasteiger partial charge in [0.15, 0.2) is 0 Å². The van der Waals surface area contributed by atoms with Crippen molar-refractivity contribution in [3.05, 3.63) is 127 Å². The molecule has 202 valence electrons. The van der Waals surface area contributed by atoms with Crippen molar-refractivity contribution < 1.29 is 0 Å². The molecule has 0 aliphatic rings. The van der Waals surface area contributed by atoms with Crippen molar-refractivity contribution >= 4 is 27.8 Å². The number of allylic oxidation sites excluding steroid dienone is 1. The highest BCUT2D eigenvalue weighted by Crippen LogP contribution is 2.41. The van der Waals surface area contributed by atoms with Crippen molar-refractivity contribution in [2.45, 2.75) is 27.7 Å². The van der Waals surface area contributed by atoms with Crippen LogP contribution in [0.3, 0.4) is 0 Å². The average Bonchev–Trinajstić information content (AvgIpc) is 2.98. The van der Waals surface area contributed by atoms with Crippen LogP contribution in [0.1, 0.15) is 27.7 Å². The standard InChI is InChI=1S/C38H40N2/c1-6-25-38(4,28(2)3)27-40(5)37-33-20-14-13-19-31(33)21-24-36(37)39-35-23-22-32(29-15-9-7-10-16-29)26-34(35)30-17-11-8-12-18-30/h6-26,28,39H,27H2,1-5H3/b25-6-. The van der Waals surface area contributed by atoms with Crippen molar-refractivity contribution in [3.8, 4) is 22.3 Å². The summed E-state index contributed by atoms with van der Waals surface area (Å²) in [6, 6.07) is 41.2. The van der Waals surface area contributed by atoms with E-state index in [1.807, 2.05) is 0 Å². The molecule has 0 spiro atoms. The largest absolute Gasteiger partial charge is 0.372 e. The van der Waals surface area contributed by atoms with Crippen LogP contribution in [-0.4, -0.2) is 13.6 Å². The monoisotopic (exact) mass is 524 g/mol. The SMILES string of the molecule is C/C=C\C(C)(CN(C)c1c(Nc2ccc(-c3ccccc3)cc2-c2ccccc2)ccc2ccccc12)C(C)C. The molecule has 0 saturated heterocycles. The van der Waals surface area contributed by atoms with Gasteiger partial charge in [-0.2, -0.15) is 0 Å². The first-order valence-electron chi connectivity index (χ1n) is 14.3. The third kappa shape index (κ3) is 5.67. The third-order valence-corrected chi connectivity index (χ3v) is 8.21. The average molecular weight is 525 g/mol. The molecule has 2 heteroatoms. The maximum absolute atomic E-state index is 3.88. The molecule has 0 fully saturated rings. The van der Waals surface area contributed by atoms with E-state index in [1.165, 1.54) is 38.7 Å². The maximum atomic E-state index is 3.88. The minimum atomic E-state index is 0.0459. The van der Waals surface area contributed by atoms with Crippen molar-refractivity contribution in [1.29, 1.82) is 0 Å². The van der Waals surface area contributed by atoms with E-state index in [-0.39, 0.29) is 5.41 Å². The van der Waals surface area contributed by atoms with E-state index in [0.717, 1.165) is 17.9 Å². The van der Waals surface area contributed by atoms with Crippen molar-refractivity contribution in [2.24, 2.45) is 11.3 Å². The number of rotatable bonds is 9. The van der Waals surface area contributed by atoms with Crippen LogP contribution >= 0.6 is 0 Å². The Balaban J connectivity index is 1.63. The summed E-state index contributed by atoms with van der Waals surface area (Å²) < 4.78 is 0. The van der Waals surface area contributed by atoms with Gasteiger partial charge in [0.05, 0.1) is 11.4 Å². The molecule has 0 bridgehead atoms. The second-order valence-electron chi connectivity index (χ2n) is 11.3. The smallest absolute Gasteiger partial charge is 0.0682 e. The van der Waals surface area contributed by atoms with Crippen LogP contribution in [0, 0.1) is 11.3 Å². The number of benzene rings is 5. The lowest BCUT2D eigenvalue weighted by Gasteiger charge is -2.37. The van der Waals surface area contributed by atoms with Gasteiger partial charge in [0, 0.05) is 35.6 Å². The van der Waals surface area contributed by atoms with E-state index in [2.05, 4.69) is 172 Å². The Morgan fingerprint density at radius 2 is 1.35 bits per heavy atom. The Morgan fingerprint density at radius 3 is 2.02 bits per heavy atom. The van der Waals surface area contributed by atoms with E-state index in [4.69, 9.17) is 0 Å². The Hall–Kier alpha value is -4.30. The summed E-state index contributed by atoms with van der Waals surface area (Å²) in [7, 11) is 2.23. The quantitative estimate of drug-likeness (QED) is 0.193. The minimum absolute atomic E-state index is 0.0459. The topological polar surface area (TPSA) is 15.3 Å². The molecular formula is C38H40N2. The van der Waals surface area contributed by atoms with E-state index < -0.39 is 0 Å².